The summed E-state index contributed by atoms with van der Waals surface area (Å²) in [5.41, 5.74) is 5.01. The molecule has 0 aliphatic carbocycles. The Morgan fingerprint density at radius 3 is 2.57 bits per heavy atom. The Bertz CT molecular complexity index is 848. The van der Waals surface area contributed by atoms with Gasteiger partial charge in [0, 0.05) is 22.3 Å². The molecule has 1 amide bonds. The predicted octanol–water partition coefficient (Wildman–Crippen LogP) is 3.97. The van der Waals surface area contributed by atoms with Crippen molar-refractivity contribution < 1.29 is 9.53 Å². The van der Waals surface area contributed by atoms with E-state index in [0.717, 1.165) is 33.6 Å². The van der Waals surface area contributed by atoms with E-state index in [4.69, 9.17) is 4.74 Å². The van der Waals surface area contributed by atoms with Gasteiger partial charge in [-0.25, -0.2) is 0 Å². The van der Waals surface area contributed by atoms with Gasteiger partial charge in [-0.05, 0) is 49.7 Å². The lowest BCUT2D eigenvalue weighted by molar-refractivity contribution is -0.115. The molecule has 0 saturated heterocycles. The van der Waals surface area contributed by atoms with Crippen LogP contribution in [0.25, 0.3) is 10.9 Å². The minimum atomic E-state index is -0.0272. The van der Waals surface area contributed by atoms with Crippen LogP contribution in [0.3, 0.4) is 0 Å². The van der Waals surface area contributed by atoms with E-state index in [0.29, 0.717) is 6.42 Å². The molecule has 0 aliphatic heterocycles. The fourth-order valence-electron chi connectivity index (χ4n) is 2.72. The number of aromatic nitrogens is 1. The first kappa shape index (κ1) is 15.2. The molecule has 0 atom stereocenters. The van der Waals surface area contributed by atoms with Crippen molar-refractivity contribution >= 4 is 22.5 Å². The molecular weight excluding hydrogens is 288 g/mol. The highest BCUT2D eigenvalue weighted by Crippen LogP contribution is 2.27. The van der Waals surface area contributed by atoms with Crippen LogP contribution in [-0.2, 0) is 11.2 Å². The molecule has 1 heterocycles. The minimum Gasteiger partial charge on any atom is -0.497 e. The number of hydrogen-bond donors (Lipinski definition) is 2. The fourth-order valence-corrected chi connectivity index (χ4v) is 2.72. The Morgan fingerprint density at radius 2 is 1.87 bits per heavy atom. The Labute approximate surface area is 135 Å². The number of hydrogen-bond acceptors (Lipinski definition) is 2. The van der Waals surface area contributed by atoms with Crippen molar-refractivity contribution in [3.8, 4) is 5.75 Å². The number of methoxy groups -OCH3 is 1. The molecule has 3 aromatic rings. The number of anilines is 1. The molecule has 118 valence electrons. The van der Waals surface area contributed by atoms with E-state index in [2.05, 4.69) is 10.3 Å². The lowest BCUT2D eigenvalue weighted by atomic mass is 10.1. The number of carbonyl (C=O) groups is 1. The number of H-pyrrole nitrogens is 1. The largest absolute Gasteiger partial charge is 0.497 e. The summed E-state index contributed by atoms with van der Waals surface area (Å²) in [6, 6.07) is 13.6. The van der Waals surface area contributed by atoms with Crippen LogP contribution < -0.4 is 10.1 Å². The maximum atomic E-state index is 12.4. The van der Waals surface area contributed by atoms with Crippen LogP contribution in [0.2, 0.25) is 0 Å². The monoisotopic (exact) mass is 308 g/mol. The topological polar surface area (TPSA) is 54.1 Å². The second-order valence-electron chi connectivity index (χ2n) is 5.73. The van der Waals surface area contributed by atoms with E-state index in [1.165, 1.54) is 5.56 Å². The maximum absolute atomic E-state index is 12.4. The zero-order chi connectivity index (χ0) is 16.4. The van der Waals surface area contributed by atoms with Gasteiger partial charge in [-0.3, -0.25) is 4.79 Å². The first-order chi connectivity index (χ1) is 11.1. The summed E-state index contributed by atoms with van der Waals surface area (Å²) in [5.74, 6) is 0.761. The van der Waals surface area contributed by atoms with E-state index < -0.39 is 0 Å². The molecule has 0 radical (unpaired) electrons. The molecule has 3 rings (SSSR count). The summed E-state index contributed by atoms with van der Waals surface area (Å²) in [6.07, 6.45) is 0.326. The van der Waals surface area contributed by atoms with Crippen LogP contribution >= 0.6 is 0 Å². The quantitative estimate of drug-likeness (QED) is 0.766. The van der Waals surface area contributed by atoms with Crippen LogP contribution in [0.4, 0.5) is 5.69 Å². The lowest BCUT2D eigenvalue weighted by Crippen LogP contribution is -2.14. The van der Waals surface area contributed by atoms with Crippen LogP contribution in [-0.4, -0.2) is 18.0 Å². The molecule has 0 saturated carbocycles. The molecule has 0 fully saturated rings. The van der Waals surface area contributed by atoms with Crippen LogP contribution in [0.1, 0.15) is 16.8 Å². The summed E-state index contributed by atoms with van der Waals surface area (Å²) >= 11 is 0. The van der Waals surface area contributed by atoms with Crippen molar-refractivity contribution in [2.45, 2.75) is 20.3 Å². The summed E-state index contributed by atoms with van der Waals surface area (Å²) in [7, 11) is 1.64. The molecule has 1 aromatic heterocycles. The van der Waals surface area contributed by atoms with Gasteiger partial charge in [-0.2, -0.15) is 0 Å². The maximum Gasteiger partial charge on any atom is 0.228 e. The van der Waals surface area contributed by atoms with E-state index in [1.807, 2.05) is 56.3 Å². The van der Waals surface area contributed by atoms with Crippen molar-refractivity contribution in [1.29, 1.82) is 0 Å². The number of aromatic amines is 1. The smallest absolute Gasteiger partial charge is 0.228 e. The second kappa shape index (κ2) is 6.16. The first-order valence-electron chi connectivity index (χ1n) is 7.58. The van der Waals surface area contributed by atoms with E-state index in [-0.39, 0.29) is 5.91 Å². The Balaban J connectivity index is 1.84. The average molecular weight is 308 g/mol. The average Bonchev–Trinajstić information content (AvgIpc) is 2.84. The number of amides is 1. The molecular formula is C19H20N2O2. The van der Waals surface area contributed by atoms with Gasteiger partial charge in [0.15, 0.2) is 0 Å². The van der Waals surface area contributed by atoms with Crippen LogP contribution in [0.5, 0.6) is 5.75 Å². The molecule has 4 heteroatoms. The third-order valence-electron chi connectivity index (χ3n) is 4.00. The van der Waals surface area contributed by atoms with Crippen molar-refractivity contribution in [3.63, 3.8) is 0 Å². The highest BCUT2D eigenvalue weighted by Gasteiger charge is 2.13. The molecule has 23 heavy (non-hydrogen) atoms. The molecule has 0 aliphatic rings. The Morgan fingerprint density at radius 1 is 1.13 bits per heavy atom. The number of aryl methyl sites for hydroxylation is 2. The van der Waals surface area contributed by atoms with Gasteiger partial charge >= 0.3 is 0 Å². The van der Waals surface area contributed by atoms with Crippen molar-refractivity contribution in [3.05, 3.63) is 59.3 Å². The molecule has 2 aromatic carbocycles. The first-order valence-corrected chi connectivity index (χ1v) is 7.58. The van der Waals surface area contributed by atoms with Crippen LogP contribution in [0.15, 0.2) is 42.5 Å². The Kier molecular flexibility index (Phi) is 4.06. The molecule has 0 spiro atoms. The van der Waals surface area contributed by atoms with E-state index in [1.54, 1.807) is 7.11 Å². The van der Waals surface area contributed by atoms with Crippen LogP contribution in [0, 0.1) is 13.8 Å². The number of fused-ring (bicyclic) bond motifs is 1. The molecule has 0 unspecified atom stereocenters. The molecule has 4 nitrogen and oxygen atoms in total. The number of nitrogens with one attached hydrogen (secondary N) is 2. The number of carbonyl (C=O) groups excluding carboxylic acids is 1. The predicted molar refractivity (Wildman–Crippen MR) is 93.1 cm³/mol. The number of benzene rings is 2. The van der Waals surface area contributed by atoms with Gasteiger partial charge in [-0.15, -0.1) is 0 Å². The van der Waals surface area contributed by atoms with Gasteiger partial charge in [-0.1, -0.05) is 17.7 Å². The van der Waals surface area contributed by atoms with Gasteiger partial charge in [0.1, 0.15) is 5.75 Å². The normalized spacial score (nSPS) is 10.7. The van der Waals surface area contributed by atoms with Crippen molar-refractivity contribution in [2.24, 2.45) is 0 Å². The number of ether oxygens (including phenoxy) is 1. The zero-order valence-corrected chi connectivity index (χ0v) is 13.6. The summed E-state index contributed by atoms with van der Waals surface area (Å²) in [5, 5.41) is 3.97. The highest BCUT2D eigenvalue weighted by molar-refractivity contribution is 5.96. The van der Waals surface area contributed by atoms with Gasteiger partial charge in [0.05, 0.1) is 13.5 Å². The number of rotatable bonds is 4. The zero-order valence-electron chi connectivity index (χ0n) is 13.6. The van der Waals surface area contributed by atoms with E-state index >= 15 is 0 Å². The lowest BCUT2D eigenvalue weighted by Gasteiger charge is -2.06. The van der Waals surface area contributed by atoms with Gasteiger partial charge in [0.25, 0.3) is 0 Å². The SMILES string of the molecule is COc1ccc2[nH]c(C)c(CC(=O)Nc3ccc(C)cc3)c2c1. The third-order valence-corrected chi connectivity index (χ3v) is 4.00. The summed E-state index contributed by atoms with van der Waals surface area (Å²) < 4.78 is 5.28. The van der Waals surface area contributed by atoms with Crippen molar-refractivity contribution in [2.75, 3.05) is 12.4 Å². The van der Waals surface area contributed by atoms with Crippen molar-refractivity contribution in [1.82, 2.24) is 4.98 Å². The minimum absolute atomic E-state index is 0.0272. The fraction of sp³-hybridized carbons (Fsp3) is 0.211. The highest BCUT2D eigenvalue weighted by atomic mass is 16.5. The molecule has 2 N–H and O–H groups in total. The van der Waals surface area contributed by atoms with Gasteiger partial charge in [0.2, 0.25) is 5.91 Å². The summed E-state index contributed by atoms with van der Waals surface area (Å²) in [4.78, 5) is 15.7. The summed E-state index contributed by atoms with van der Waals surface area (Å²) in [6.45, 7) is 4.01. The van der Waals surface area contributed by atoms with E-state index in [9.17, 15) is 4.79 Å². The third kappa shape index (κ3) is 3.21. The van der Waals surface area contributed by atoms with Gasteiger partial charge < -0.3 is 15.0 Å². The second-order valence-corrected chi connectivity index (χ2v) is 5.73. The Hall–Kier alpha value is -2.75. The standard InChI is InChI=1S/C19H20N2O2/c1-12-4-6-14(7-5-12)21-19(22)11-16-13(2)20-18-9-8-15(23-3)10-17(16)18/h4-10,20H,11H2,1-3H3,(H,21,22). The molecule has 0 bridgehead atoms.